The largest absolute Gasteiger partial charge is 0.355 e. The van der Waals surface area contributed by atoms with Crippen molar-refractivity contribution in [1.82, 2.24) is 4.98 Å². The van der Waals surface area contributed by atoms with Gasteiger partial charge in [0.05, 0.1) is 26.3 Å². The fourth-order valence-electron chi connectivity index (χ4n) is 2.16. The van der Waals surface area contributed by atoms with Gasteiger partial charge in [0, 0.05) is 11.5 Å². The summed E-state index contributed by atoms with van der Waals surface area (Å²) in [6, 6.07) is 11.2. The molecule has 3 rings (SSSR count). The smallest absolute Gasteiger partial charge is 0.258 e. The highest BCUT2D eigenvalue weighted by atomic mass is 16.6. The molecule has 3 aromatic rings. The van der Waals surface area contributed by atoms with E-state index in [1.165, 1.54) is 6.07 Å². The third-order valence-corrected chi connectivity index (χ3v) is 3.03. The van der Waals surface area contributed by atoms with Crippen LogP contribution in [0.5, 0.6) is 0 Å². The molecule has 7 nitrogen and oxygen atoms in total. The Morgan fingerprint density at radius 1 is 0.900 bits per heavy atom. The van der Waals surface area contributed by atoms with Crippen molar-refractivity contribution in [1.29, 1.82) is 0 Å². The van der Waals surface area contributed by atoms with Crippen LogP contribution in [-0.2, 0) is 0 Å². The standard InChI is InChI=1S/C13H7N3O4/c17-15(18)12-6-5-11-9(13(12)16(19)20)7-8-3-1-2-4-10(8)14-11/h1-7H. The molecule has 0 aliphatic heterocycles. The molecule has 0 saturated carbocycles. The molecule has 0 amide bonds. The van der Waals surface area contributed by atoms with Gasteiger partial charge in [-0.25, -0.2) is 4.98 Å². The Morgan fingerprint density at radius 2 is 1.65 bits per heavy atom. The summed E-state index contributed by atoms with van der Waals surface area (Å²) in [6.07, 6.45) is 0. The number of nitrogens with zero attached hydrogens (tertiary/aromatic N) is 3. The summed E-state index contributed by atoms with van der Waals surface area (Å²) in [7, 11) is 0. The van der Waals surface area contributed by atoms with Gasteiger partial charge >= 0.3 is 11.4 Å². The zero-order chi connectivity index (χ0) is 14.3. The SMILES string of the molecule is O=[N+]([O-])c1ccc2nc3ccccc3cc2c1[N+](=O)[O-]. The number of nitro groups is 2. The zero-order valence-corrected chi connectivity index (χ0v) is 10.0. The molecular formula is C13H7N3O4. The van der Waals surface area contributed by atoms with Crippen molar-refractivity contribution in [2.75, 3.05) is 0 Å². The maximum absolute atomic E-state index is 11.1. The van der Waals surface area contributed by atoms with E-state index in [4.69, 9.17) is 0 Å². The van der Waals surface area contributed by atoms with Crippen molar-refractivity contribution in [3.05, 3.63) is 62.7 Å². The molecule has 98 valence electrons. The van der Waals surface area contributed by atoms with Crippen LogP contribution in [-0.4, -0.2) is 14.8 Å². The van der Waals surface area contributed by atoms with E-state index in [2.05, 4.69) is 4.98 Å². The number of fused-ring (bicyclic) bond motifs is 2. The van der Waals surface area contributed by atoms with Gasteiger partial charge in [-0.1, -0.05) is 18.2 Å². The second kappa shape index (κ2) is 4.23. The first-order valence-corrected chi connectivity index (χ1v) is 5.69. The summed E-state index contributed by atoms with van der Waals surface area (Å²) in [5.41, 5.74) is -0.00511. The van der Waals surface area contributed by atoms with Crippen LogP contribution in [0.4, 0.5) is 11.4 Å². The topological polar surface area (TPSA) is 99.2 Å². The van der Waals surface area contributed by atoms with E-state index < -0.39 is 21.2 Å². The number of pyridine rings is 1. The molecule has 0 bridgehead atoms. The number of para-hydroxylation sites is 1. The summed E-state index contributed by atoms with van der Waals surface area (Å²) >= 11 is 0. The molecule has 0 fully saturated rings. The monoisotopic (exact) mass is 269 g/mol. The quantitative estimate of drug-likeness (QED) is 0.404. The molecule has 0 spiro atoms. The fraction of sp³-hybridized carbons (Fsp3) is 0. The Hall–Kier alpha value is -3.09. The van der Waals surface area contributed by atoms with E-state index in [0.717, 1.165) is 6.07 Å². The highest BCUT2D eigenvalue weighted by Gasteiger charge is 2.27. The van der Waals surface area contributed by atoms with Crippen LogP contribution in [0.1, 0.15) is 0 Å². The predicted molar refractivity (Wildman–Crippen MR) is 72.6 cm³/mol. The minimum Gasteiger partial charge on any atom is -0.258 e. The van der Waals surface area contributed by atoms with Gasteiger partial charge in [0.2, 0.25) is 0 Å². The lowest BCUT2D eigenvalue weighted by Crippen LogP contribution is -1.98. The van der Waals surface area contributed by atoms with Gasteiger partial charge in [0.15, 0.2) is 0 Å². The van der Waals surface area contributed by atoms with Gasteiger partial charge in [-0.2, -0.15) is 0 Å². The van der Waals surface area contributed by atoms with Crippen LogP contribution in [0.15, 0.2) is 42.5 Å². The Kier molecular flexibility index (Phi) is 2.53. The molecular weight excluding hydrogens is 262 g/mol. The highest BCUT2D eigenvalue weighted by molar-refractivity contribution is 5.99. The average molecular weight is 269 g/mol. The van der Waals surface area contributed by atoms with Gasteiger partial charge in [0.25, 0.3) is 0 Å². The van der Waals surface area contributed by atoms with Crippen molar-refractivity contribution in [2.24, 2.45) is 0 Å². The second-order valence-electron chi connectivity index (χ2n) is 4.20. The molecule has 2 aromatic carbocycles. The normalized spacial score (nSPS) is 10.8. The third-order valence-electron chi connectivity index (χ3n) is 3.03. The number of hydrogen-bond donors (Lipinski definition) is 0. The lowest BCUT2D eigenvalue weighted by molar-refractivity contribution is -0.421. The van der Waals surface area contributed by atoms with E-state index in [-0.39, 0.29) is 5.39 Å². The van der Waals surface area contributed by atoms with Gasteiger partial charge < -0.3 is 0 Å². The van der Waals surface area contributed by atoms with Gasteiger partial charge in [-0.15, -0.1) is 0 Å². The summed E-state index contributed by atoms with van der Waals surface area (Å²) in [5, 5.41) is 22.9. The molecule has 0 aliphatic carbocycles. The molecule has 7 heteroatoms. The Morgan fingerprint density at radius 3 is 2.35 bits per heavy atom. The second-order valence-corrected chi connectivity index (χ2v) is 4.20. The van der Waals surface area contributed by atoms with Crippen LogP contribution in [0, 0.1) is 20.2 Å². The molecule has 0 radical (unpaired) electrons. The van der Waals surface area contributed by atoms with E-state index in [1.807, 2.05) is 0 Å². The Balaban J connectivity index is 2.49. The molecule has 0 saturated heterocycles. The van der Waals surface area contributed by atoms with Gasteiger partial charge in [-0.3, -0.25) is 20.2 Å². The van der Waals surface area contributed by atoms with Crippen molar-refractivity contribution in [3.63, 3.8) is 0 Å². The molecule has 1 heterocycles. The summed E-state index contributed by atoms with van der Waals surface area (Å²) < 4.78 is 0. The molecule has 0 N–H and O–H groups in total. The van der Waals surface area contributed by atoms with E-state index in [9.17, 15) is 20.2 Å². The Bertz CT molecular complexity index is 876. The summed E-state index contributed by atoms with van der Waals surface area (Å²) in [4.78, 5) is 24.9. The maximum atomic E-state index is 11.1. The number of hydrogen-bond acceptors (Lipinski definition) is 5. The van der Waals surface area contributed by atoms with Crippen LogP contribution in [0.25, 0.3) is 21.8 Å². The predicted octanol–water partition coefficient (Wildman–Crippen LogP) is 3.20. The first-order chi connectivity index (χ1) is 9.58. The Labute approximate surface area is 111 Å². The van der Waals surface area contributed by atoms with Crippen LogP contribution in [0.3, 0.4) is 0 Å². The molecule has 0 aliphatic rings. The molecule has 20 heavy (non-hydrogen) atoms. The minimum absolute atomic E-state index is 0.169. The molecule has 0 atom stereocenters. The van der Waals surface area contributed by atoms with Gasteiger partial charge in [-0.05, 0) is 18.2 Å². The van der Waals surface area contributed by atoms with Crippen molar-refractivity contribution in [3.8, 4) is 0 Å². The third kappa shape index (κ3) is 1.72. The van der Waals surface area contributed by atoms with E-state index in [0.29, 0.717) is 16.4 Å². The molecule has 1 aromatic heterocycles. The minimum atomic E-state index is -0.757. The highest BCUT2D eigenvalue weighted by Crippen LogP contribution is 2.35. The first kappa shape index (κ1) is 12.0. The van der Waals surface area contributed by atoms with Crippen molar-refractivity contribution < 1.29 is 9.85 Å². The summed E-state index contributed by atoms with van der Waals surface area (Å²) in [5.74, 6) is 0. The van der Waals surface area contributed by atoms with Crippen LogP contribution >= 0.6 is 0 Å². The van der Waals surface area contributed by atoms with Crippen molar-refractivity contribution >= 4 is 33.2 Å². The molecule has 0 unspecified atom stereocenters. The lowest BCUT2D eigenvalue weighted by atomic mass is 10.1. The number of rotatable bonds is 2. The van der Waals surface area contributed by atoms with Crippen LogP contribution < -0.4 is 0 Å². The number of aromatic nitrogens is 1. The zero-order valence-electron chi connectivity index (χ0n) is 10.0. The van der Waals surface area contributed by atoms with E-state index in [1.54, 1.807) is 30.3 Å². The van der Waals surface area contributed by atoms with E-state index >= 15 is 0 Å². The first-order valence-electron chi connectivity index (χ1n) is 5.69. The lowest BCUT2D eigenvalue weighted by Gasteiger charge is -2.02. The average Bonchev–Trinajstić information content (AvgIpc) is 2.43. The fourth-order valence-corrected chi connectivity index (χ4v) is 2.16. The maximum Gasteiger partial charge on any atom is 0.355 e. The number of benzene rings is 2. The van der Waals surface area contributed by atoms with Crippen molar-refractivity contribution in [2.45, 2.75) is 0 Å². The van der Waals surface area contributed by atoms with Crippen LogP contribution in [0.2, 0.25) is 0 Å². The number of nitro benzene ring substituents is 2. The summed E-state index contributed by atoms with van der Waals surface area (Å²) in [6.45, 7) is 0. The van der Waals surface area contributed by atoms with Gasteiger partial charge in [0.1, 0.15) is 0 Å².